The third kappa shape index (κ3) is 2.17. The zero-order valence-electron chi connectivity index (χ0n) is 10.1. The van der Waals surface area contributed by atoms with Crippen molar-refractivity contribution in [1.29, 1.82) is 0 Å². The molecule has 0 fully saturated rings. The highest BCUT2D eigenvalue weighted by Gasteiger charge is 2.06. The Hall–Kier alpha value is -1.65. The monoisotopic (exact) mass is 258 g/mol. The average molecular weight is 258 g/mol. The molecule has 0 aliphatic rings. The van der Waals surface area contributed by atoms with Gasteiger partial charge in [0, 0.05) is 12.4 Å². The minimum Gasteiger partial charge on any atom is -0.389 e. The van der Waals surface area contributed by atoms with E-state index in [9.17, 15) is 5.11 Å². The zero-order chi connectivity index (χ0) is 12.5. The lowest BCUT2D eigenvalue weighted by Gasteiger charge is -2.00. The molecule has 1 N–H and O–H groups in total. The highest BCUT2D eigenvalue weighted by molar-refractivity contribution is 7.18. The molecule has 18 heavy (non-hydrogen) atoms. The van der Waals surface area contributed by atoms with E-state index in [1.165, 1.54) is 4.70 Å². The highest BCUT2D eigenvalue weighted by Crippen LogP contribution is 2.22. The fourth-order valence-electron chi connectivity index (χ4n) is 1.95. The van der Waals surface area contributed by atoms with Gasteiger partial charge in [0.15, 0.2) is 0 Å². The van der Waals surface area contributed by atoms with E-state index >= 15 is 0 Å². The number of para-hydroxylation sites is 1. The van der Waals surface area contributed by atoms with E-state index in [4.69, 9.17) is 0 Å². The van der Waals surface area contributed by atoms with Crippen molar-refractivity contribution in [3.8, 4) is 0 Å². The van der Waals surface area contributed by atoms with Gasteiger partial charge in [-0.05, 0) is 30.7 Å². The largest absolute Gasteiger partial charge is 0.389 e. The Morgan fingerprint density at radius 3 is 2.89 bits per heavy atom. The number of fused-ring (bicyclic) bond motifs is 1. The first-order valence-electron chi connectivity index (χ1n) is 5.90. The molecule has 0 radical (unpaired) electrons. The number of thiazole rings is 1. The number of hydrogen-bond acceptors (Lipinski definition) is 3. The van der Waals surface area contributed by atoms with Crippen LogP contribution in [0.25, 0.3) is 10.2 Å². The van der Waals surface area contributed by atoms with Crippen molar-refractivity contribution in [3.63, 3.8) is 0 Å². The first-order chi connectivity index (χ1) is 8.72. The van der Waals surface area contributed by atoms with Gasteiger partial charge in [0.05, 0.1) is 22.9 Å². The van der Waals surface area contributed by atoms with Crippen molar-refractivity contribution in [2.75, 3.05) is 0 Å². The lowest BCUT2D eigenvalue weighted by molar-refractivity contribution is 0.199. The summed E-state index contributed by atoms with van der Waals surface area (Å²) < 4.78 is 3.27. The number of aliphatic hydroxyl groups excluding tert-OH is 1. The molecule has 0 saturated heterocycles. The van der Waals surface area contributed by atoms with Gasteiger partial charge in [-0.25, -0.2) is 4.98 Å². The molecule has 0 amide bonds. The van der Waals surface area contributed by atoms with Crippen molar-refractivity contribution in [2.24, 2.45) is 0 Å². The second-order valence-electron chi connectivity index (χ2n) is 4.37. The molecule has 3 aromatic rings. The van der Waals surface area contributed by atoms with E-state index in [2.05, 4.69) is 15.6 Å². The van der Waals surface area contributed by atoms with Crippen LogP contribution in [0.4, 0.5) is 0 Å². The molecule has 2 heterocycles. The molecule has 3 nitrogen and oxygen atoms in total. The number of benzene rings is 1. The summed E-state index contributed by atoms with van der Waals surface area (Å²) in [4.78, 5) is 4.60. The maximum atomic E-state index is 9.49. The summed E-state index contributed by atoms with van der Waals surface area (Å²) in [5.41, 5.74) is 2.00. The predicted molar refractivity (Wildman–Crippen MR) is 73.8 cm³/mol. The van der Waals surface area contributed by atoms with Gasteiger partial charge in [-0.15, -0.1) is 11.3 Å². The van der Waals surface area contributed by atoms with Crippen LogP contribution in [0.3, 0.4) is 0 Å². The van der Waals surface area contributed by atoms with Crippen LogP contribution >= 0.6 is 11.3 Å². The van der Waals surface area contributed by atoms with Gasteiger partial charge in [0.2, 0.25) is 0 Å². The Bertz CT molecular complexity index is 636. The number of rotatable bonds is 3. The lowest BCUT2D eigenvalue weighted by Crippen LogP contribution is -1.96. The van der Waals surface area contributed by atoms with Gasteiger partial charge in [-0.3, -0.25) is 0 Å². The molecule has 0 aliphatic carbocycles. The zero-order valence-corrected chi connectivity index (χ0v) is 10.9. The van der Waals surface area contributed by atoms with Gasteiger partial charge >= 0.3 is 0 Å². The molecule has 2 aromatic heterocycles. The van der Waals surface area contributed by atoms with E-state index in [0.29, 0.717) is 0 Å². The molecule has 1 aromatic carbocycles. The Morgan fingerprint density at radius 2 is 2.17 bits per heavy atom. The quantitative estimate of drug-likeness (QED) is 0.783. The second kappa shape index (κ2) is 4.55. The number of aliphatic hydroxyl groups is 1. The van der Waals surface area contributed by atoms with Crippen LogP contribution in [-0.4, -0.2) is 14.7 Å². The Kier molecular flexibility index (Phi) is 2.89. The maximum Gasteiger partial charge on any atom is 0.114 e. The molecule has 3 rings (SSSR count). The van der Waals surface area contributed by atoms with Crippen LogP contribution in [0.2, 0.25) is 0 Å². The van der Waals surface area contributed by atoms with E-state index in [1.54, 1.807) is 18.3 Å². The van der Waals surface area contributed by atoms with Gasteiger partial charge in [0.1, 0.15) is 5.01 Å². The number of nitrogens with zero attached hydrogens (tertiary/aromatic N) is 2. The maximum absolute atomic E-state index is 9.49. The van der Waals surface area contributed by atoms with Crippen LogP contribution in [0, 0.1) is 0 Å². The minimum absolute atomic E-state index is 0.415. The normalized spacial score (nSPS) is 13.0. The molecule has 1 atom stereocenters. The Balaban J connectivity index is 1.86. The fraction of sp³-hybridized carbons (Fsp3) is 0.214. The summed E-state index contributed by atoms with van der Waals surface area (Å²) in [5.74, 6) is 0. The minimum atomic E-state index is -0.415. The highest BCUT2D eigenvalue weighted by atomic mass is 32.1. The standard InChI is InChI=1S/C14H14N2OS/c1-10(17)11-6-7-16(8-11)9-14-15-12-4-2-3-5-13(12)18-14/h2-8,10,17H,9H2,1H3. The van der Waals surface area contributed by atoms with E-state index < -0.39 is 6.10 Å². The summed E-state index contributed by atoms with van der Waals surface area (Å²) in [6.45, 7) is 2.53. The van der Waals surface area contributed by atoms with Gasteiger partial charge in [0.25, 0.3) is 0 Å². The van der Waals surface area contributed by atoms with Crippen LogP contribution in [0.5, 0.6) is 0 Å². The Morgan fingerprint density at radius 1 is 1.33 bits per heavy atom. The molecular formula is C14H14N2OS. The van der Waals surface area contributed by atoms with Crippen LogP contribution in [0.15, 0.2) is 42.7 Å². The molecule has 4 heteroatoms. The fourth-order valence-corrected chi connectivity index (χ4v) is 2.92. The van der Waals surface area contributed by atoms with Crippen molar-refractivity contribution in [3.05, 3.63) is 53.3 Å². The van der Waals surface area contributed by atoms with E-state index in [-0.39, 0.29) is 0 Å². The average Bonchev–Trinajstić information content (AvgIpc) is 2.94. The van der Waals surface area contributed by atoms with Crippen molar-refractivity contribution in [1.82, 2.24) is 9.55 Å². The van der Waals surface area contributed by atoms with Crippen LogP contribution < -0.4 is 0 Å². The SMILES string of the molecule is CC(O)c1ccn(Cc2nc3ccccc3s2)c1. The lowest BCUT2D eigenvalue weighted by atomic mass is 10.2. The van der Waals surface area contributed by atoms with E-state index in [1.807, 2.05) is 36.7 Å². The van der Waals surface area contributed by atoms with Crippen molar-refractivity contribution < 1.29 is 5.11 Å². The molecule has 1 unspecified atom stereocenters. The summed E-state index contributed by atoms with van der Waals surface area (Å²) in [7, 11) is 0. The molecule has 92 valence electrons. The predicted octanol–water partition coefficient (Wildman–Crippen LogP) is 3.20. The third-order valence-electron chi connectivity index (χ3n) is 2.91. The van der Waals surface area contributed by atoms with Gasteiger partial charge < -0.3 is 9.67 Å². The first-order valence-corrected chi connectivity index (χ1v) is 6.72. The van der Waals surface area contributed by atoms with Crippen LogP contribution in [0.1, 0.15) is 23.6 Å². The molecule has 0 spiro atoms. The van der Waals surface area contributed by atoms with Crippen molar-refractivity contribution >= 4 is 21.6 Å². The molecule has 0 aliphatic heterocycles. The van der Waals surface area contributed by atoms with Crippen molar-refractivity contribution in [2.45, 2.75) is 19.6 Å². The smallest absolute Gasteiger partial charge is 0.114 e. The second-order valence-corrected chi connectivity index (χ2v) is 5.48. The van der Waals surface area contributed by atoms with Crippen LogP contribution in [-0.2, 0) is 6.54 Å². The molecule has 0 bridgehead atoms. The molecule has 0 saturated carbocycles. The summed E-state index contributed by atoms with van der Waals surface area (Å²) >= 11 is 1.72. The van der Waals surface area contributed by atoms with E-state index in [0.717, 1.165) is 22.6 Å². The third-order valence-corrected chi connectivity index (χ3v) is 3.93. The first kappa shape index (κ1) is 11.4. The Labute approximate surface area is 109 Å². The van der Waals surface area contributed by atoms with Gasteiger partial charge in [-0.2, -0.15) is 0 Å². The number of hydrogen-bond donors (Lipinski definition) is 1. The summed E-state index contributed by atoms with van der Waals surface area (Å²) in [6, 6.07) is 10.1. The summed E-state index contributed by atoms with van der Waals surface area (Å²) in [6.07, 6.45) is 3.53. The summed E-state index contributed by atoms with van der Waals surface area (Å²) in [5, 5.41) is 10.6. The topological polar surface area (TPSA) is 38.0 Å². The molecular weight excluding hydrogens is 244 g/mol. The number of aromatic nitrogens is 2. The van der Waals surface area contributed by atoms with Gasteiger partial charge in [-0.1, -0.05) is 12.1 Å².